The van der Waals surface area contributed by atoms with Crippen LogP contribution in [0.3, 0.4) is 0 Å². The van der Waals surface area contributed by atoms with Crippen molar-refractivity contribution in [3.8, 4) is 0 Å². The highest BCUT2D eigenvalue weighted by Crippen LogP contribution is 2.19. The van der Waals surface area contributed by atoms with Gasteiger partial charge in [0.1, 0.15) is 0 Å². The average molecular weight is 383 g/mol. The number of carboxylic acids is 2. The normalized spacial score (nSPS) is 10.4. The van der Waals surface area contributed by atoms with E-state index < -0.39 is 11.9 Å². The molecule has 6 heteroatoms. The number of anilines is 1. The Morgan fingerprint density at radius 1 is 0.750 bits per heavy atom. The minimum absolute atomic E-state index is 0.0490. The second kappa shape index (κ2) is 10.9. The van der Waals surface area contributed by atoms with Gasteiger partial charge in [-0.25, -0.2) is 4.79 Å². The zero-order chi connectivity index (χ0) is 20.4. The number of carboxylic acid groups (broad SMARTS) is 2. The molecule has 0 aromatic heterocycles. The predicted octanol–water partition coefficient (Wildman–Crippen LogP) is 4.14. The van der Waals surface area contributed by atoms with E-state index in [9.17, 15) is 19.5 Å². The molecule has 2 aromatic rings. The third-order valence-electron chi connectivity index (χ3n) is 4.50. The number of hydrogen-bond donors (Lipinski definition) is 3. The van der Waals surface area contributed by atoms with Gasteiger partial charge in [0, 0.05) is 12.1 Å². The van der Waals surface area contributed by atoms with Crippen LogP contribution in [-0.2, 0) is 22.4 Å². The number of carbonyl (C=O) groups excluding carboxylic acids is 1. The summed E-state index contributed by atoms with van der Waals surface area (Å²) in [4.78, 5) is 33.7. The number of aromatic carboxylic acids is 1. The van der Waals surface area contributed by atoms with Crippen LogP contribution >= 0.6 is 0 Å². The van der Waals surface area contributed by atoms with E-state index in [0.29, 0.717) is 11.3 Å². The quantitative estimate of drug-likeness (QED) is 0.506. The first kappa shape index (κ1) is 21.2. The highest BCUT2D eigenvalue weighted by Gasteiger charge is 2.10. The first-order valence-electron chi connectivity index (χ1n) is 9.38. The molecule has 0 saturated carbocycles. The van der Waals surface area contributed by atoms with Crippen LogP contribution in [0.2, 0.25) is 0 Å². The van der Waals surface area contributed by atoms with Gasteiger partial charge >= 0.3 is 11.9 Å². The van der Waals surface area contributed by atoms with Gasteiger partial charge in [0.15, 0.2) is 0 Å². The van der Waals surface area contributed by atoms with Crippen LogP contribution < -0.4 is 5.32 Å². The molecule has 148 valence electrons. The molecule has 0 unspecified atom stereocenters. The minimum atomic E-state index is -0.993. The lowest BCUT2D eigenvalue weighted by Gasteiger charge is -2.11. The number of amides is 1. The minimum Gasteiger partial charge on any atom is -0.481 e. The van der Waals surface area contributed by atoms with Crippen molar-refractivity contribution >= 4 is 23.5 Å². The van der Waals surface area contributed by atoms with Gasteiger partial charge < -0.3 is 15.5 Å². The van der Waals surface area contributed by atoms with Gasteiger partial charge in [-0.2, -0.15) is 0 Å². The van der Waals surface area contributed by atoms with Crippen molar-refractivity contribution in [2.75, 3.05) is 5.32 Å². The third kappa shape index (κ3) is 6.87. The Kier molecular flexibility index (Phi) is 8.21. The molecule has 0 aliphatic rings. The maximum absolute atomic E-state index is 11.9. The van der Waals surface area contributed by atoms with Crippen LogP contribution in [0.1, 0.15) is 53.6 Å². The molecule has 0 aliphatic heterocycles. The maximum Gasteiger partial charge on any atom is 0.335 e. The van der Waals surface area contributed by atoms with E-state index in [1.807, 2.05) is 36.4 Å². The smallest absolute Gasteiger partial charge is 0.335 e. The summed E-state index contributed by atoms with van der Waals surface area (Å²) < 4.78 is 0. The summed E-state index contributed by atoms with van der Waals surface area (Å²) in [5.74, 6) is -2.20. The number of benzene rings is 2. The molecular weight excluding hydrogens is 358 g/mol. The van der Waals surface area contributed by atoms with Crippen molar-refractivity contribution in [3.05, 3.63) is 65.2 Å². The first-order chi connectivity index (χ1) is 13.5. The number of nitrogens with one attached hydrogen (secondary N) is 1. The molecule has 0 heterocycles. The molecule has 0 saturated heterocycles. The Morgan fingerprint density at radius 3 is 2.04 bits per heavy atom. The fourth-order valence-electron chi connectivity index (χ4n) is 3.05. The summed E-state index contributed by atoms with van der Waals surface area (Å²) in [5.41, 5.74) is 2.93. The van der Waals surface area contributed by atoms with Crippen LogP contribution in [0.5, 0.6) is 0 Å². The van der Waals surface area contributed by atoms with Crippen LogP contribution in [0.4, 0.5) is 5.69 Å². The zero-order valence-corrected chi connectivity index (χ0v) is 15.7. The molecule has 0 aliphatic carbocycles. The second-order valence-corrected chi connectivity index (χ2v) is 6.62. The van der Waals surface area contributed by atoms with Crippen LogP contribution in [0.25, 0.3) is 0 Å². The number of carbonyl (C=O) groups is 3. The third-order valence-corrected chi connectivity index (χ3v) is 4.50. The fourth-order valence-corrected chi connectivity index (χ4v) is 3.05. The molecule has 0 atom stereocenters. The van der Waals surface area contributed by atoms with E-state index in [0.717, 1.165) is 43.2 Å². The Hall–Kier alpha value is -3.15. The van der Waals surface area contributed by atoms with Gasteiger partial charge in [0.05, 0.1) is 12.0 Å². The molecule has 2 aromatic carbocycles. The van der Waals surface area contributed by atoms with Gasteiger partial charge in [-0.05, 0) is 48.9 Å². The monoisotopic (exact) mass is 383 g/mol. The largest absolute Gasteiger partial charge is 0.481 e. The van der Waals surface area contributed by atoms with E-state index in [1.165, 1.54) is 0 Å². The Balaban J connectivity index is 1.81. The van der Waals surface area contributed by atoms with Gasteiger partial charge in [0.25, 0.3) is 0 Å². The predicted molar refractivity (Wildman–Crippen MR) is 107 cm³/mol. The van der Waals surface area contributed by atoms with Gasteiger partial charge in [-0.1, -0.05) is 42.8 Å². The summed E-state index contributed by atoms with van der Waals surface area (Å²) in [6, 6.07) is 14.6. The van der Waals surface area contributed by atoms with Crippen molar-refractivity contribution < 1.29 is 24.6 Å². The zero-order valence-electron chi connectivity index (χ0n) is 15.7. The molecule has 0 radical (unpaired) electrons. The molecule has 0 fully saturated rings. The number of aryl methyl sites for hydroxylation is 2. The average Bonchev–Trinajstić information content (AvgIpc) is 2.67. The van der Waals surface area contributed by atoms with E-state index >= 15 is 0 Å². The van der Waals surface area contributed by atoms with E-state index in [-0.39, 0.29) is 18.7 Å². The van der Waals surface area contributed by atoms with Crippen LogP contribution in [0.15, 0.2) is 48.5 Å². The summed E-state index contributed by atoms with van der Waals surface area (Å²) >= 11 is 0. The molecule has 0 spiro atoms. The van der Waals surface area contributed by atoms with Gasteiger partial charge in [0.2, 0.25) is 5.91 Å². The van der Waals surface area contributed by atoms with Crippen molar-refractivity contribution in [2.24, 2.45) is 0 Å². The maximum atomic E-state index is 11.9. The summed E-state index contributed by atoms with van der Waals surface area (Å²) in [7, 11) is 0. The van der Waals surface area contributed by atoms with Crippen LogP contribution in [-0.4, -0.2) is 28.1 Å². The standard InChI is InChI=1S/C22H25NO5/c24-20(14-15-21(25)26)23-19-13-7-5-11-17(19)10-3-1-2-8-16-9-4-6-12-18(16)22(27)28/h4-7,9,11-13H,1-3,8,10,14-15H2,(H,23,24)(H,25,26)(H,27,28). The number of hydrogen-bond acceptors (Lipinski definition) is 3. The van der Waals surface area contributed by atoms with Crippen molar-refractivity contribution in [1.82, 2.24) is 0 Å². The van der Waals surface area contributed by atoms with Crippen molar-refractivity contribution in [2.45, 2.75) is 44.9 Å². The number of aliphatic carboxylic acids is 1. The molecule has 28 heavy (non-hydrogen) atoms. The highest BCUT2D eigenvalue weighted by molar-refractivity contribution is 5.93. The fraction of sp³-hybridized carbons (Fsp3) is 0.318. The van der Waals surface area contributed by atoms with Crippen molar-refractivity contribution in [1.29, 1.82) is 0 Å². The molecule has 2 rings (SSSR count). The second-order valence-electron chi connectivity index (χ2n) is 6.62. The van der Waals surface area contributed by atoms with Gasteiger partial charge in [-0.3, -0.25) is 9.59 Å². The Bertz CT molecular complexity index is 831. The summed E-state index contributed by atoms with van der Waals surface area (Å²) in [6.45, 7) is 0. The number of para-hydroxylation sites is 1. The lowest BCUT2D eigenvalue weighted by Crippen LogP contribution is -2.14. The first-order valence-corrected chi connectivity index (χ1v) is 9.38. The van der Waals surface area contributed by atoms with E-state index in [1.54, 1.807) is 12.1 Å². The van der Waals surface area contributed by atoms with Gasteiger partial charge in [-0.15, -0.1) is 0 Å². The van der Waals surface area contributed by atoms with E-state index in [2.05, 4.69) is 5.32 Å². The van der Waals surface area contributed by atoms with Crippen LogP contribution in [0, 0.1) is 0 Å². The molecule has 3 N–H and O–H groups in total. The Labute approximate surface area is 164 Å². The lowest BCUT2D eigenvalue weighted by molar-refractivity contribution is -0.138. The Morgan fingerprint density at radius 2 is 1.36 bits per heavy atom. The number of unbranched alkanes of at least 4 members (excludes halogenated alkanes) is 2. The SMILES string of the molecule is O=C(O)CCC(=O)Nc1ccccc1CCCCCc1ccccc1C(=O)O. The molecule has 6 nitrogen and oxygen atoms in total. The van der Waals surface area contributed by atoms with Crippen molar-refractivity contribution in [3.63, 3.8) is 0 Å². The topological polar surface area (TPSA) is 104 Å². The molecule has 0 bridgehead atoms. The molecule has 1 amide bonds. The molecular formula is C22H25NO5. The van der Waals surface area contributed by atoms with E-state index in [4.69, 9.17) is 5.11 Å². The lowest BCUT2D eigenvalue weighted by atomic mass is 9.99. The number of rotatable bonds is 11. The summed E-state index contributed by atoms with van der Waals surface area (Å²) in [5, 5.41) is 20.7. The highest BCUT2D eigenvalue weighted by atomic mass is 16.4. The summed E-state index contributed by atoms with van der Waals surface area (Å²) in [6.07, 6.45) is 4.01.